The minimum atomic E-state index is 0.0198. The first-order chi connectivity index (χ1) is 8.72. The van der Waals surface area contributed by atoms with Crippen molar-refractivity contribution in [2.75, 3.05) is 13.1 Å². The van der Waals surface area contributed by atoms with Gasteiger partial charge in [-0.15, -0.1) is 0 Å². The van der Waals surface area contributed by atoms with Crippen molar-refractivity contribution in [1.29, 1.82) is 0 Å². The van der Waals surface area contributed by atoms with E-state index in [1.54, 1.807) is 0 Å². The lowest BCUT2D eigenvalue weighted by atomic mass is 10.00. The lowest BCUT2D eigenvalue weighted by Gasteiger charge is -2.30. The van der Waals surface area contributed by atoms with Crippen LogP contribution in [0.2, 0.25) is 0 Å². The number of rotatable bonds is 2. The topological polar surface area (TPSA) is 45.2 Å². The summed E-state index contributed by atoms with van der Waals surface area (Å²) in [5.41, 5.74) is 2.80. The van der Waals surface area contributed by atoms with Crippen LogP contribution >= 0.6 is 0 Å². The lowest BCUT2D eigenvalue weighted by molar-refractivity contribution is 0.0965. The number of nitrogens with zero attached hydrogens (tertiary/aromatic N) is 2. The number of carbonyl (C=O) groups is 1. The van der Waals surface area contributed by atoms with Crippen molar-refractivity contribution in [1.82, 2.24) is 15.2 Å². The molecule has 0 bridgehead atoms. The number of fused-ring (bicyclic) bond motifs is 1. The highest BCUT2D eigenvalue weighted by Crippen LogP contribution is 2.19. The second kappa shape index (κ2) is 4.69. The van der Waals surface area contributed by atoms with Gasteiger partial charge in [-0.3, -0.25) is 14.7 Å². The van der Waals surface area contributed by atoms with E-state index in [4.69, 9.17) is 0 Å². The molecule has 0 radical (unpaired) electrons. The Morgan fingerprint density at radius 1 is 1.56 bits per heavy atom. The zero-order chi connectivity index (χ0) is 12.5. The standard InChI is InChI=1S/C14H19N3O/c1-10-3-2-4-17(8-10)9-11-5-12-13(15-6-11)7-16-14(12)18/h5-6,10H,2-4,7-9H2,1H3,(H,16,18)/t10-/m0/s1. The molecule has 96 valence electrons. The van der Waals surface area contributed by atoms with Gasteiger partial charge in [0.25, 0.3) is 5.91 Å². The second-order valence-corrected chi connectivity index (χ2v) is 5.50. The van der Waals surface area contributed by atoms with E-state index in [0.29, 0.717) is 6.54 Å². The third-order valence-electron chi connectivity index (χ3n) is 3.84. The molecule has 3 rings (SSSR count). The highest BCUT2D eigenvalue weighted by molar-refractivity contribution is 5.97. The van der Waals surface area contributed by atoms with Gasteiger partial charge in [-0.2, -0.15) is 0 Å². The van der Waals surface area contributed by atoms with Crippen molar-refractivity contribution >= 4 is 5.91 Å². The number of pyridine rings is 1. The molecule has 0 aromatic carbocycles. The molecule has 1 atom stereocenters. The largest absolute Gasteiger partial charge is 0.346 e. The van der Waals surface area contributed by atoms with E-state index in [0.717, 1.165) is 42.4 Å². The molecule has 1 amide bonds. The van der Waals surface area contributed by atoms with Crippen molar-refractivity contribution in [3.05, 3.63) is 29.1 Å². The van der Waals surface area contributed by atoms with Gasteiger partial charge in [0, 0.05) is 19.3 Å². The predicted molar refractivity (Wildman–Crippen MR) is 69.1 cm³/mol. The van der Waals surface area contributed by atoms with E-state index in [9.17, 15) is 4.79 Å². The molecule has 18 heavy (non-hydrogen) atoms. The monoisotopic (exact) mass is 245 g/mol. The van der Waals surface area contributed by atoms with Crippen LogP contribution in [0.15, 0.2) is 12.3 Å². The summed E-state index contributed by atoms with van der Waals surface area (Å²) in [6.45, 7) is 6.12. The zero-order valence-electron chi connectivity index (χ0n) is 10.8. The Bertz CT molecular complexity index is 472. The summed E-state index contributed by atoms with van der Waals surface area (Å²) in [4.78, 5) is 18.4. The summed E-state index contributed by atoms with van der Waals surface area (Å²) < 4.78 is 0. The first-order valence-corrected chi connectivity index (χ1v) is 6.71. The Morgan fingerprint density at radius 2 is 2.44 bits per heavy atom. The Balaban J connectivity index is 1.73. The van der Waals surface area contributed by atoms with Crippen molar-refractivity contribution in [3.8, 4) is 0 Å². The van der Waals surface area contributed by atoms with Gasteiger partial charge in [0.1, 0.15) is 0 Å². The van der Waals surface area contributed by atoms with E-state index in [1.807, 2.05) is 12.3 Å². The SMILES string of the molecule is C[C@H]1CCCN(Cc2cnc3c(c2)C(=O)NC3)C1. The molecule has 3 heterocycles. The summed E-state index contributed by atoms with van der Waals surface area (Å²) in [6, 6.07) is 2.00. The quantitative estimate of drug-likeness (QED) is 0.860. The fourth-order valence-electron chi connectivity index (χ4n) is 2.91. The van der Waals surface area contributed by atoms with Gasteiger partial charge in [0.2, 0.25) is 0 Å². The van der Waals surface area contributed by atoms with Crippen LogP contribution in [0.5, 0.6) is 0 Å². The molecule has 1 saturated heterocycles. The van der Waals surface area contributed by atoms with Gasteiger partial charge >= 0.3 is 0 Å². The van der Waals surface area contributed by atoms with Crippen LogP contribution in [0, 0.1) is 5.92 Å². The first-order valence-electron chi connectivity index (χ1n) is 6.71. The molecule has 0 unspecified atom stereocenters. The molecule has 0 aliphatic carbocycles. The number of likely N-dealkylation sites (tertiary alicyclic amines) is 1. The van der Waals surface area contributed by atoms with Gasteiger partial charge in [-0.25, -0.2) is 0 Å². The van der Waals surface area contributed by atoms with Crippen LogP contribution in [-0.4, -0.2) is 28.9 Å². The predicted octanol–water partition coefficient (Wildman–Crippen LogP) is 1.56. The van der Waals surface area contributed by atoms with Crippen molar-refractivity contribution in [2.24, 2.45) is 5.92 Å². The molecule has 0 saturated carbocycles. The average molecular weight is 245 g/mol. The Kier molecular flexibility index (Phi) is 3.04. The van der Waals surface area contributed by atoms with Gasteiger partial charge in [0.05, 0.1) is 17.8 Å². The van der Waals surface area contributed by atoms with Crippen LogP contribution in [0.1, 0.15) is 41.4 Å². The van der Waals surface area contributed by atoms with Crippen LogP contribution in [0.3, 0.4) is 0 Å². The van der Waals surface area contributed by atoms with Crippen molar-refractivity contribution < 1.29 is 4.79 Å². The summed E-state index contributed by atoms with van der Waals surface area (Å²) in [5, 5.41) is 2.81. The molecule has 2 aliphatic heterocycles. The Labute approximate surface area is 107 Å². The highest BCUT2D eigenvalue weighted by Gasteiger charge is 2.21. The maximum atomic E-state index is 11.6. The van der Waals surface area contributed by atoms with E-state index in [-0.39, 0.29) is 5.91 Å². The highest BCUT2D eigenvalue weighted by atomic mass is 16.1. The number of aromatic nitrogens is 1. The van der Waals surface area contributed by atoms with Crippen LogP contribution < -0.4 is 5.32 Å². The molecular weight excluding hydrogens is 226 g/mol. The molecule has 1 fully saturated rings. The van der Waals surface area contributed by atoms with E-state index in [2.05, 4.69) is 22.1 Å². The molecule has 4 nitrogen and oxygen atoms in total. The van der Waals surface area contributed by atoms with Crippen LogP contribution in [0.4, 0.5) is 0 Å². The molecule has 4 heteroatoms. The number of hydrogen-bond acceptors (Lipinski definition) is 3. The molecular formula is C14H19N3O. The summed E-state index contributed by atoms with van der Waals surface area (Å²) in [7, 11) is 0. The number of carbonyl (C=O) groups excluding carboxylic acids is 1. The third kappa shape index (κ3) is 2.25. The minimum absolute atomic E-state index is 0.0198. The third-order valence-corrected chi connectivity index (χ3v) is 3.84. The number of piperidine rings is 1. The number of nitrogens with one attached hydrogen (secondary N) is 1. The molecule has 1 aromatic rings. The number of amides is 1. The normalized spacial score (nSPS) is 23.8. The smallest absolute Gasteiger partial charge is 0.253 e. The number of hydrogen-bond donors (Lipinski definition) is 1. The fourth-order valence-corrected chi connectivity index (χ4v) is 2.91. The zero-order valence-corrected chi connectivity index (χ0v) is 10.8. The maximum absolute atomic E-state index is 11.6. The van der Waals surface area contributed by atoms with Crippen molar-refractivity contribution in [3.63, 3.8) is 0 Å². The van der Waals surface area contributed by atoms with Crippen LogP contribution in [0.25, 0.3) is 0 Å². The van der Waals surface area contributed by atoms with Gasteiger partial charge in [-0.1, -0.05) is 6.92 Å². The molecule has 2 aliphatic rings. The summed E-state index contributed by atoms with van der Waals surface area (Å²) in [6.07, 6.45) is 4.53. The summed E-state index contributed by atoms with van der Waals surface area (Å²) >= 11 is 0. The van der Waals surface area contributed by atoms with Crippen molar-refractivity contribution in [2.45, 2.75) is 32.9 Å². The maximum Gasteiger partial charge on any atom is 0.253 e. The second-order valence-electron chi connectivity index (χ2n) is 5.50. The van der Waals surface area contributed by atoms with Gasteiger partial charge in [-0.05, 0) is 36.9 Å². The minimum Gasteiger partial charge on any atom is -0.346 e. The molecule has 0 spiro atoms. The van der Waals surface area contributed by atoms with E-state index < -0.39 is 0 Å². The van der Waals surface area contributed by atoms with Crippen LogP contribution in [-0.2, 0) is 13.1 Å². The molecule has 1 N–H and O–H groups in total. The molecule has 1 aromatic heterocycles. The summed E-state index contributed by atoms with van der Waals surface area (Å²) in [5.74, 6) is 0.802. The Morgan fingerprint density at radius 3 is 3.28 bits per heavy atom. The first kappa shape index (κ1) is 11.7. The van der Waals surface area contributed by atoms with Gasteiger partial charge in [0.15, 0.2) is 0 Å². The fraction of sp³-hybridized carbons (Fsp3) is 0.571. The Hall–Kier alpha value is -1.42. The van der Waals surface area contributed by atoms with E-state index in [1.165, 1.54) is 12.8 Å². The van der Waals surface area contributed by atoms with E-state index >= 15 is 0 Å². The lowest BCUT2D eigenvalue weighted by Crippen LogP contribution is -2.33. The average Bonchev–Trinajstić information content (AvgIpc) is 2.71. The van der Waals surface area contributed by atoms with Gasteiger partial charge < -0.3 is 5.32 Å².